The molecule has 0 spiro atoms. The number of anilines is 1. The van der Waals surface area contributed by atoms with E-state index in [9.17, 15) is 9.59 Å². The van der Waals surface area contributed by atoms with E-state index in [0.29, 0.717) is 5.56 Å². The quantitative estimate of drug-likeness (QED) is 0.281. The topological polar surface area (TPSA) is 74.8 Å². The maximum atomic E-state index is 11.4. The zero-order valence-corrected chi connectivity index (χ0v) is 18.9. The fourth-order valence-corrected chi connectivity index (χ4v) is 3.05. The van der Waals surface area contributed by atoms with E-state index in [4.69, 9.17) is 0 Å². The van der Waals surface area contributed by atoms with E-state index in [1.807, 2.05) is 93.8 Å². The molecule has 2 N–H and O–H groups in total. The van der Waals surface area contributed by atoms with Crippen molar-refractivity contribution < 1.29 is 9.59 Å². The first-order valence-corrected chi connectivity index (χ1v) is 10.5. The highest BCUT2D eigenvalue weighted by Crippen LogP contribution is 2.24. The normalized spacial score (nSPS) is 9.50. The fourth-order valence-electron chi connectivity index (χ4n) is 3.05. The third kappa shape index (κ3) is 6.51. The molecule has 0 saturated carbocycles. The summed E-state index contributed by atoms with van der Waals surface area (Å²) in [5.74, 6) is 0.0717. The third-order valence-corrected chi connectivity index (χ3v) is 4.58. The molecule has 2 aromatic heterocycles. The molecule has 164 valence electrons. The van der Waals surface area contributed by atoms with E-state index in [2.05, 4.69) is 15.3 Å². The van der Waals surface area contributed by atoms with Gasteiger partial charge in [0.2, 0.25) is 0 Å². The molecule has 0 radical (unpaired) electrons. The molecule has 0 unspecified atom stereocenters. The highest BCUT2D eigenvalue weighted by molar-refractivity contribution is 6.00. The molecule has 0 saturated heterocycles. The van der Waals surface area contributed by atoms with E-state index in [-0.39, 0.29) is 5.78 Å². The van der Waals surface area contributed by atoms with Crippen molar-refractivity contribution in [1.29, 1.82) is 0 Å². The number of carbonyl (C=O) groups excluding carboxylic acids is 2. The molecule has 0 bridgehead atoms. The molecule has 5 nitrogen and oxygen atoms in total. The van der Waals surface area contributed by atoms with Gasteiger partial charge in [0, 0.05) is 59.3 Å². The van der Waals surface area contributed by atoms with Crippen molar-refractivity contribution in [3.8, 4) is 22.4 Å². The molecule has 0 aliphatic heterocycles. The van der Waals surface area contributed by atoms with Crippen molar-refractivity contribution in [1.82, 2.24) is 9.97 Å². The number of benzene rings is 2. The summed E-state index contributed by atoms with van der Waals surface area (Å²) in [4.78, 5) is 29.1. The van der Waals surface area contributed by atoms with Crippen molar-refractivity contribution in [2.75, 3.05) is 12.4 Å². The second kappa shape index (κ2) is 12.6. The van der Waals surface area contributed by atoms with Crippen LogP contribution in [-0.2, 0) is 0 Å². The number of aldehydes is 1. The second-order valence-corrected chi connectivity index (χ2v) is 6.64. The van der Waals surface area contributed by atoms with Crippen LogP contribution in [0.2, 0.25) is 0 Å². The smallest absolute Gasteiger partial charge is 0.161 e. The maximum absolute atomic E-state index is 11.4. The monoisotopic (exact) mass is 427 g/mol. The van der Waals surface area contributed by atoms with Crippen LogP contribution in [0.1, 0.15) is 41.5 Å². The van der Waals surface area contributed by atoms with Gasteiger partial charge in [-0.15, -0.1) is 0 Å². The Kier molecular flexibility index (Phi) is 9.60. The number of aromatic amines is 1. The van der Waals surface area contributed by atoms with Gasteiger partial charge < -0.3 is 10.3 Å². The summed E-state index contributed by atoms with van der Waals surface area (Å²) in [5.41, 5.74) is 6.34. The number of hydrogen-bond donors (Lipinski definition) is 2. The summed E-state index contributed by atoms with van der Waals surface area (Å²) < 4.78 is 0. The number of aromatic nitrogens is 2. The lowest BCUT2D eigenvalue weighted by atomic mass is 10.0. The number of H-pyrrole nitrogens is 1. The number of rotatable bonds is 5. The molecule has 2 heterocycles. The predicted octanol–water partition coefficient (Wildman–Crippen LogP) is 6.51. The minimum atomic E-state index is 0.0717. The molecule has 2 aromatic carbocycles. The molecule has 4 rings (SSSR count). The molecule has 4 aromatic rings. The Bertz CT molecular complexity index is 1120. The highest BCUT2D eigenvalue weighted by atomic mass is 16.1. The largest absolute Gasteiger partial charge is 0.388 e. The van der Waals surface area contributed by atoms with Gasteiger partial charge in [0.15, 0.2) is 12.1 Å². The molecule has 0 amide bonds. The number of pyridine rings is 1. The van der Waals surface area contributed by atoms with Gasteiger partial charge in [0.25, 0.3) is 0 Å². The third-order valence-electron chi connectivity index (χ3n) is 4.58. The Morgan fingerprint density at radius 2 is 1.66 bits per heavy atom. The van der Waals surface area contributed by atoms with Crippen molar-refractivity contribution in [3.05, 3.63) is 96.4 Å². The van der Waals surface area contributed by atoms with E-state index in [1.54, 1.807) is 19.3 Å². The lowest BCUT2D eigenvalue weighted by Crippen LogP contribution is -2.00. The lowest BCUT2D eigenvalue weighted by Gasteiger charge is -2.08. The standard InChI is InChI=1S/C13H14N2O.C12H9NO.C2H6/c1-9(16)11-6-5-10(8-13(11)14-2)12-4-3-7-15-12;14-9-10-6-12(8-13-7-10)11-4-2-1-3-5-11;1-2/h3-8,14-15H,1-2H3;1-9H;1-2H3. The van der Waals surface area contributed by atoms with Gasteiger partial charge in [-0.2, -0.15) is 0 Å². The second-order valence-electron chi connectivity index (χ2n) is 6.64. The van der Waals surface area contributed by atoms with Gasteiger partial charge in [0.1, 0.15) is 0 Å². The number of nitrogens with one attached hydrogen (secondary N) is 2. The minimum Gasteiger partial charge on any atom is -0.388 e. The zero-order valence-electron chi connectivity index (χ0n) is 18.9. The number of carbonyl (C=O) groups is 2. The van der Waals surface area contributed by atoms with Gasteiger partial charge in [-0.25, -0.2) is 0 Å². The zero-order chi connectivity index (χ0) is 23.3. The van der Waals surface area contributed by atoms with Crippen LogP contribution in [0.4, 0.5) is 5.69 Å². The average Bonchev–Trinajstić information content (AvgIpc) is 3.41. The van der Waals surface area contributed by atoms with Crippen molar-refractivity contribution in [2.24, 2.45) is 0 Å². The van der Waals surface area contributed by atoms with Gasteiger partial charge in [-0.1, -0.05) is 50.2 Å². The number of nitrogens with zero attached hydrogens (tertiary/aromatic N) is 1. The van der Waals surface area contributed by atoms with Crippen LogP contribution in [-0.4, -0.2) is 29.1 Å². The van der Waals surface area contributed by atoms with Gasteiger partial charge in [-0.3, -0.25) is 14.6 Å². The molecule has 0 aliphatic carbocycles. The average molecular weight is 428 g/mol. The molecule has 0 atom stereocenters. The Balaban J connectivity index is 0.000000212. The number of ketones is 1. The van der Waals surface area contributed by atoms with Crippen LogP contribution < -0.4 is 5.32 Å². The van der Waals surface area contributed by atoms with Crippen LogP contribution in [0.3, 0.4) is 0 Å². The maximum Gasteiger partial charge on any atom is 0.161 e. The number of Topliss-reactive ketones (excluding diaryl/α,β-unsaturated/α-hetero) is 1. The van der Waals surface area contributed by atoms with E-state index >= 15 is 0 Å². The number of hydrogen-bond acceptors (Lipinski definition) is 4. The highest BCUT2D eigenvalue weighted by Gasteiger charge is 2.08. The molecular weight excluding hydrogens is 398 g/mol. The van der Waals surface area contributed by atoms with Crippen LogP contribution in [0.15, 0.2) is 85.3 Å². The summed E-state index contributed by atoms with van der Waals surface area (Å²) in [6.07, 6.45) is 5.99. The predicted molar refractivity (Wildman–Crippen MR) is 132 cm³/mol. The van der Waals surface area contributed by atoms with Crippen molar-refractivity contribution in [3.63, 3.8) is 0 Å². The first kappa shape index (κ1) is 24.3. The Morgan fingerprint density at radius 3 is 2.25 bits per heavy atom. The van der Waals surface area contributed by atoms with Crippen molar-refractivity contribution in [2.45, 2.75) is 20.8 Å². The molecule has 0 fully saturated rings. The molecule has 5 heteroatoms. The van der Waals surface area contributed by atoms with Crippen LogP contribution in [0, 0.1) is 0 Å². The Hall–Kier alpha value is -3.99. The fraction of sp³-hybridized carbons (Fsp3) is 0.148. The first-order valence-electron chi connectivity index (χ1n) is 10.5. The van der Waals surface area contributed by atoms with E-state index in [1.165, 1.54) is 0 Å². The summed E-state index contributed by atoms with van der Waals surface area (Å²) in [7, 11) is 1.82. The first-order chi connectivity index (χ1) is 15.6. The lowest BCUT2D eigenvalue weighted by molar-refractivity contribution is 0.101. The van der Waals surface area contributed by atoms with Crippen molar-refractivity contribution >= 4 is 17.8 Å². The van der Waals surface area contributed by atoms with E-state index in [0.717, 1.165) is 39.9 Å². The van der Waals surface area contributed by atoms with Gasteiger partial charge in [-0.05, 0) is 42.8 Å². The van der Waals surface area contributed by atoms with E-state index < -0.39 is 0 Å². The minimum absolute atomic E-state index is 0.0717. The summed E-state index contributed by atoms with van der Waals surface area (Å²) >= 11 is 0. The van der Waals surface area contributed by atoms with Crippen LogP contribution in [0.5, 0.6) is 0 Å². The Morgan fingerprint density at radius 1 is 0.906 bits per heavy atom. The van der Waals surface area contributed by atoms with Gasteiger partial charge >= 0.3 is 0 Å². The van der Waals surface area contributed by atoms with Crippen LogP contribution >= 0.6 is 0 Å². The summed E-state index contributed by atoms with van der Waals surface area (Å²) in [6, 6.07) is 21.4. The SMILES string of the molecule is CC.CNc1cc(-c2ccc[nH]2)ccc1C(C)=O.O=Cc1cncc(-c2ccccc2)c1. The molecule has 32 heavy (non-hydrogen) atoms. The summed E-state index contributed by atoms with van der Waals surface area (Å²) in [5, 5.41) is 3.04. The molecule has 0 aliphatic rings. The van der Waals surface area contributed by atoms with Gasteiger partial charge in [0.05, 0.1) is 0 Å². The Labute approximate surface area is 189 Å². The molecular formula is C27H29N3O2. The van der Waals surface area contributed by atoms with Crippen LogP contribution in [0.25, 0.3) is 22.4 Å². The summed E-state index contributed by atoms with van der Waals surface area (Å²) in [6.45, 7) is 5.57.